The second kappa shape index (κ2) is 4.53. The van der Waals surface area contributed by atoms with Gasteiger partial charge in [-0.1, -0.05) is 0 Å². The quantitative estimate of drug-likeness (QED) is 0.335. The van der Waals surface area contributed by atoms with E-state index in [1.54, 1.807) is 6.92 Å². The number of hydrogen-bond acceptors (Lipinski definition) is 3. The zero-order chi connectivity index (χ0) is 6.41. The van der Waals surface area contributed by atoms with Gasteiger partial charge in [-0.2, -0.15) is 0 Å². The summed E-state index contributed by atoms with van der Waals surface area (Å²) in [6.07, 6.45) is 0. The lowest BCUT2D eigenvalue weighted by atomic mass is 10.4. The van der Waals surface area contributed by atoms with Crippen LogP contribution in [0.5, 0.6) is 0 Å². The van der Waals surface area contributed by atoms with Crippen molar-refractivity contribution < 1.29 is 9.78 Å². The van der Waals surface area contributed by atoms with Crippen LogP contribution in [0.4, 0.5) is 0 Å². The normalized spacial score (nSPS) is 8.25. The minimum absolute atomic E-state index is 0.319. The molecule has 0 heterocycles. The van der Waals surface area contributed by atoms with Crippen LogP contribution in [-0.2, 0) is 9.78 Å². The summed E-state index contributed by atoms with van der Waals surface area (Å²) in [7, 11) is 1.43. The molecule has 0 aromatic rings. The van der Waals surface area contributed by atoms with E-state index < -0.39 is 0 Å². The fourth-order valence-electron chi connectivity index (χ4n) is 0.183. The highest BCUT2D eigenvalue weighted by atomic mass is 17.2. The van der Waals surface area contributed by atoms with Crippen LogP contribution in [0.25, 0.3) is 0 Å². The molecule has 0 bridgehead atoms. The first kappa shape index (κ1) is 7.37. The summed E-state index contributed by atoms with van der Waals surface area (Å²) in [5.74, 6) is 2.16. The molecule has 0 aliphatic heterocycles. The first-order valence-corrected chi connectivity index (χ1v) is 2.22. The van der Waals surface area contributed by atoms with Gasteiger partial charge < -0.3 is 0 Å². The van der Waals surface area contributed by atoms with Crippen molar-refractivity contribution in [2.75, 3.05) is 13.7 Å². The summed E-state index contributed by atoms with van der Waals surface area (Å²) in [5, 5.41) is 6.56. The van der Waals surface area contributed by atoms with Gasteiger partial charge in [0.05, 0.1) is 7.11 Å². The van der Waals surface area contributed by atoms with Gasteiger partial charge in [0, 0.05) is 5.57 Å². The van der Waals surface area contributed by atoms with E-state index in [9.17, 15) is 0 Å². The van der Waals surface area contributed by atoms with Crippen LogP contribution in [-0.4, -0.2) is 19.6 Å². The fourth-order valence-corrected chi connectivity index (χ4v) is 0.183. The molecule has 0 saturated heterocycles. The van der Waals surface area contributed by atoms with Crippen LogP contribution in [0.15, 0.2) is 5.57 Å². The van der Waals surface area contributed by atoms with Crippen LogP contribution in [0.3, 0.4) is 0 Å². The summed E-state index contributed by atoms with van der Waals surface area (Å²) in [6.45, 7) is 2.06. The smallest absolute Gasteiger partial charge is 0.112 e. The van der Waals surface area contributed by atoms with E-state index in [4.69, 9.17) is 5.41 Å². The van der Waals surface area contributed by atoms with E-state index in [0.717, 1.165) is 0 Å². The zero-order valence-corrected chi connectivity index (χ0v) is 5.02. The third kappa shape index (κ3) is 3.56. The van der Waals surface area contributed by atoms with Crippen LogP contribution in [0, 0.1) is 5.41 Å². The summed E-state index contributed by atoms with van der Waals surface area (Å²) in [4.78, 5) is 8.74. The molecule has 8 heavy (non-hydrogen) atoms. The third-order valence-electron chi connectivity index (χ3n) is 0.607. The average Bonchev–Trinajstić information content (AvgIpc) is 1.83. The van der Waals surface area contributed by atoms with Gasteiger partial charge in [0.2, 0.25) is 0 Å². The third-order valence-corrected chi connectivity index (χ3v) is 0.607. The second-order valence-corrected chi connectivity index (χ2v) is 1.33. The maximum atomic E-state index is 6.56. The molecular formula is C5H9NO2. The Morgan fingerprint density at radius 2 is 2.38 bits per heavy atom. The van der Waals surface area contributed by atoms with Crippen LogP contribution < -0.4 is 0 Å². The van der Waals surface area contributed by atoms with Gasteiger partial charge in [0.1, 0.15) is 6.61 Å². The second-order valence-electron chi connectivity index (χ2n) is 1.33. The molecular weight excluding hydrogens is 106 g/mol. The highest BCUT2D eigenvalue weighted by Gasteiger charge is 1.84. The first-order valence-electron chi connectivity index (χ1n) is 2.22. The molecule has 0 amide bonds. The number of rotatable bonds is 3. The Kier molecular flexibility index (Phi) is 4.17. The molecule has 3 nitrogen and oxygen atoms in total. The molecule has 0 saturated carbocycles. The van der Waals surface area contributed by atoms with Crippen molar-refractivity contribution in [3.63, 3.8) is 0 Å². The van der Waals surface area contributed by atoms with Crippen molar-refractivity contribution >= 4 is 5.87 Å². The zero-order valence-electron chi connectivity index (χ0n) is 5.02. The van der Waals surface area contributed by atoms with Crippen molar-refractivity contribution in [2.45, 2.75) is 6.92 Å². The molecule has 1 N–H and O–H groups in total. The Morgan fingerprint density at radius 1 is 1.75 bits per heavy atom. The molecule has 0 atom stereocenters. The SMILES string of the molecule is COOCC(C)=C=N. The first-order chi connectivity index (χ1) is 3.81. The molecule has 0 rings (SSSR count). The minimum atomic E-state index is 0.319. The predicted octanol–water partition coefficient (Wildman–Crippen LogP) is 0.759. The Balaban J connectivity index is 3.26. The van der Waals surface area contributed by atoms with E-state index >= 15 is 0 Å². The number of hydrogen-bond donors (Lipinski definition) is 1. The molecule has 0 fully saturated rings. The molecule has 0 radical (unpaired) electrons. The van der Waals surface area contributed by atoms with Crippen molar-refractivity contribution in [2.24, 2.45) is 0 Å². The summed E-state index contributed by atoms with van der Waals surface area (Å²) in [5.41, 5.74) is 0.715. The number of nitrogens with one attached hydrogen (secondary N) is 1. The van der Waals surface area contributed by atoms with Gasteiger partial charge in [-0.15, -0.1) is 0 Å². The molecule has 0 aliphatic rings. The highest BCUT2D eigenvalue weighted by Crippen LogP contribution is 1.84. The van der Waals surface area contributed by atoms with Gasteiger partial charge in [0.15, 0.2) is 0 Å². The van der Waals surface area contributed by atoms with Crippen molar-refractivity contribution in [1.82, 2.24) is 0 Å². The standard InChI is InChI=1S/C5H9NO2/c1-5(3-6)4-8-7-2/h6H,4H2,1-2H3. The van der Waals surface area contributed by atoms with E-state index in [2.05, 4.69) is 15.6 Å². The summed E-state index contributed by atoms with van der Waals surface area (Å²) >= 11 is 0. The molecule has 0 aromatic heterocycles. The van der Waals surface area contributed by atoms with Crippen LogP contribution >= 0.6 is 0 Å². The van der Waals surface area contributed by atoms with Crippen molar-refractivity contribution in [3.05, 3.63) is 5.57 Å². The molecule has 0 unspecified atom stereocenters. The van der Waals surface area contributed by atoms with Crippen LogP contribution in [0.1, 0.15) is 6.92 Å². The van der Waals surface area contributed by atoms with Gasteiger partial charge in [-0.3, -0.25) is 5.41 Å². The van der Waals surface area contributed by atoms with E-state index in [1.807, 2.05) is 0 Å². The molecule has 3 heteroatoms. The topological polar surface area (TPSA) is 42.3 Å². The minimum Gasteiger partial charge on any atom is -0.259 e. The Bertz CT molecular complexity index is 105. The molecule has 0 spiro atoms. The molecule has 0 aliphatic carbocycles. The summed E-state index contributed by atoms with van der Waals surface area (Å²) < 4.78 is 0. The molecule has 46 valence electrons. The van der Waals surface area contributed by atoms with E-state index in [-0.39, 0.29) is 0 Å². The predicted molar refractivity (Wildman–Crippen MR) is 29.9 cm³/mol. The van der Waals surface area contributed by atoms with Gasteiger partial charge in [0.25, 0.3) is 0 Å². The maximum Gasteiger partial charge on any atom is 0.112 e. The van der Waals surface area contributed by atoms with Crippen molar-refractivity contribution in [3.8, 4) is 0 Å². The Morgan fingerprint density at radius 3 is 2.75 bits per heavy atom. The Labute approximate surface area is 48.4 Å². The monoisotopic (exact) mass is 115 g/mol. The van der Waals surface area contributed by atoms with Crippen LogP contribution in [0.2, 0.25) is 0 Å². The van der Waals surface area contributed by atoms with Gasteiger partial charge in [-0.25, -0.2) is 9.78 Å². The lowest BCUT2D eigenvalue weighted by Gasteiger charge is -1.93. The Hall–Kier alpha value is -0.630. The largest absolute Gasteiger partial charge is 0.259 e. The lowest BCUT2D eigenvalue weighted by molar-refractivity contribution is -0.264. The van der Waals surface area contributed by atoms with Gasteiger partial charge >= 0.3 is 0 Å². The summed E-state index contributed by atoms with van der Waals surface area (Å²) in [6, 6.07) is 0. The van der Waals surface area contributed by atoms with E-state index in [1.165, 1.54) is 7.11 Å². The fraction of sp³-hybridized carbons (Fsp3) is 0.600. The lowest BCUT2D eigenvalue weighted by Crippen LogP contribution is -1.93. The van der Waals surface area contributed by atoms with E-state index in [0.29, 0.717) is 12.2 Å². The average molecular weight is 115 g/mol. The van der Waals surface area contributed by atoms with Gasteiger partial charge in [-0.05, 0) is 12.8 Å². The highest BCUT2D eigenvalue weighted by molar-refractivity contribution is 5.53. The molecule has 0 aromatic carbocycles. The van der Waals surface area contributed by atoms with Crippen molar-refractivity contribution in [1.29, 1.82) is 5.41 Å². The maximum absolute atomic E-state index is 6.56.